The molecule has 0 aliphatic rings. The van der Waals surface area contributed by atoms with Gasteiger partial charge >= 0.3 is 0 Å². The van der Waals surface area contributed by atoms with Crippen molar-refractivity contribution in [2.45, 2.75) is 0 Å². The summed E-state index contributed by atoms with van der Waals surface area (Å²) in [4.78, 5) is 7.29. The molecule has 0 saturated heterocycles. The summed E-state index contributed by atoms with van der Waals surface area (Å²) in [6, 6.07) is 1.72. The first-order valence-electron chi connectivity index (χ1n) is 1.92. The van der Waals surface area contributed by atoms with Gasteiger partial charge in [-0.1, -0.05) is 0 Å². The highest BCUT2D eigenvalue weighted by Crippen LogP contribution is 1.81. The third-order valence-corrected chi connectivity index (χ3v) is 0.586. The van der Waals surface area contributed by atoms with Gasteiger partial charge in [0.2, 0.25) is 5.95 Å². The Morgan fingerprint density at radius 2 is 1.75 bits per heavy atom. The Morgan fingerprint density at radius 1 is 1.25 bits per heavy atom. The summed E-state index contributed by atoms with van der Waals surface area (Å²) in [6.07, 6.45) is 3.20. The quantitative estimate of drug-likeness (QED) is 0.658. The Morgan fingerprint density at radius 3 is 2.00 bits per heavy atom. The van der Waals surface area contributed by atoms with Crippen molar-refractivity contribution < 1.29 is 0 Å². The molecule has 0 atom stereocenters. The van der Waals surface area contributed by atoms with E-state index in [1.165, 1.54) is 0 Å². The van der Waals surface area contributed by atoms with Gasteiger partial charge in [-0.25, -0.2) is 9.97 Å². The fourth-order valence-electron chi connectivity index (χ4n) is 0.311. The largest absolute Gasteiger partial charge is 0.368 e. The van der Waals surface area contributed by atoms with E-state index in [2.05, 4.69) is 9.97 Å². The van der Waals surface area contributed by atoms with Crippen LogP contribution in [0, 0.1) is 0 Å². The van der Waals surface area contributed by atoms with Crippen LogP contribution in [0.4, 0.5) is 5.95 Å². The van der Waals surface area contributed by atoms with Gasteiger partial charge < -0.3 is 5.73 Å². The molecule has 0 bridgehead atoms. The van der Waals surface area contributed by atoms with Crippen molar-refractivity contribution in [3.63, 3.8) is 0 Å². The SMILES string of the molecule is I.Nc1ncccn1. The second-order valence-electron chi connectivity index (χ2n) is 1.11. The molecule has 1 aromatic heterocycles. The lowest BCUT2D eigenvalue weighted by Gasteiger charge is -1.82. The molecule has 0 unspecified atom stereocenters. The molecule has 0 aromatic carbocycles. The van der Waals surface area contributed by atoms with Gasteiger partial charge in [0.25, 0.3) is 0 Å². The van der Waals surface area contributed by atoms with Crippen LogP contribution in [0.25, 0.3) is 0 Å². The van der Waals surface area contributed by atoms with Gasteiger partial charge in [-0.15, -0.1) is 24.0 Å². The molecule has 1 aromatic rings. The smallest absolute Gasteiger partial charge is 0.219 e. The van der Waals surface area contributed by atoms with E-state index in [1.54, 1.807) is 18.5 Å². The Balaban J connectivity index is 0.000000490. The Labute approximate surface area is 64.4 Å². The molecule has 2 N–H and O–H groups in total. The Kier molecular flexibility index (Phi) is 3.42. The number of halogens is 1. The maximum atomic E-state index is 5.14. The van der Waals surface area contributed by atoms with Gasteiger partial charge in [0.05, 0.1) is 0 Å². The maximum Gasteiger partial charge on any atom is 0.219 e. The van der Waals surface area contributed by atoms with E-state index in [9.17, 15) is 0 Å². The predicted octanol–water partition coefficient (Wildman–Crippen LogP) is 0.677. The minimum Gasteiger partial charge on any atom is -0.368 e. The van der Waals surface area contributed by atoms with E-state index < -0.39 is 0 Å². The highest BCUT2D eigenvalue weighted by atomic mass is 127. The monoisotopic (exact) mass is 223 g/mol. The molecule has 8 heavy (non-hydrogen) atoms. The van der Waals surface area contributed by atoms with Crippen LogP contribution in [0.1, 0.15) is 0 Å². The first-order valence-corrected chi connectivity index (χ1v) is 1.92. The van der Waals surface area contributed by atoms with Crippen LogP contribution in [-0.4, -0.2) is 9.97 Å². The second-order valence-corrected chi connectivity index (χ2v) is 1.11. The number of nitrogens with two attached hydrogens (primary N) is 1. The molecule has 3 nitrogen and oxygen atoms in total. The standard InChI is InChI=1S/C4H5N3.HI/c5-4-6-2-1-3-7-4;/h1-3H,(H2,5,6,7);1H. The minimum atomic E-state index is 0. The maximum absolute atomic E-state index is 5.14. The zero-order valence-electron chi connectivity index (χ0n) is 4.11. The fourth-order valence-corrected chi connectivity index (χ4v) is 0.311. The summed E-state index contributed by atoms with van der Waals surface area (Å²) < 4.78 is 0. The number of anilines is 1. The molecule has 0 fully saturated rings. The molecule has 0 radical (unpaired) electrons. The molecule has 1 rings (SSSR count). The van der Waals surface area contributed by atoms with Gasteiger partial charge in [-0.3, -0.25) is 0 Å². The van der Waals surface area contributed by atoms with Crippen LogP contribution in [0.3, 0.4) is 0 Å². The summed E-state index contributed by atoms with van der Waals surface area (Å²) >= 11 is 0. The van der Waals surface area contributed by atoms with Crippen LogP contribution >= 0.6 is 24.0 Å². The van der Waals surface area contributed by atoms with Gasteiger partial charge in [0, 0.05) is 12.4 Å². The third kappa shape index (κ3) is 2.06. The Hall–Kier alpha value is -0.390. The van der Waals surface area contributed by atoms with E-state index in [-0.39, 0.29) is 24.0 Å². The molecule has 0 spiro atoms. The summed E-state index contributed by atoms with van der Waals surface area (Å²) in [5.41, 5.74) is 5.14. The highest BCUT2D eigenvalue weighted by molar-refractivity contribution is 14.0. The molecule has 0 aliphatic heterocycles. The van der Waals surface area contributed by atoms with Crippen LogP contribution < -0.4 is 5.73 Å². The molecule has 44 valence electrons. The molecule has 0 saturated carbocycles. The third-order valence-electron chi connectivity index (χ3n) is 0.586. The second kappa shape index (κ2) is 3.59. The van der Waals surface area contributed by atoms with Crippen molar-refractivity contribution in [2.75, 3.05) is 5.73 Å². The van der Waals surface area contributed by atoms with Crippen molar-refractivity contribution in [3.05, 3.63) is 18.5 Å². The number of aromatic nitrogens is 2. The summed E-state index contributed by atoms with van der Waals surface area (Å²) in [7, 11) is 0. The van der Waals surface area contributed by atoms with Gasteiger partial charge in [-0.05, 0) is 6.07 Å². The van der Waals surface area contributed by atoms with Crippen LogP contribution in [-0.2, 0) is 0 Å². The first kappa shape index (κ1) is 7.61. The zero-order chi connectivity index (χ0) is 5.11. The number of nitrogens with zero attached hydrogens (tertiary/aromatic N) is 2. The molecule has 0 aliphatic carbocycles. The van der Waals surface area contributed by atoms with Crippen LogP contribution in [0.2, 0.25) is 0 Å². The highest BCUT2D eigenvalue weighted by Gasteiger charge is 1.75. The topological polar surface area (TPSA) is 51.8 Å². The fraction of sp³-hybridized carbons (Fsp3) is 0. The van der Waals surface area contributed by atoms with E-state index in [0.29, 0.717) is 5.95 Å². The lowest BCUT2D eigenvalue weighted by atomic mass is 10.7. The van der Waals surface area contributed by atoms with E-state index in [0.717, 1.165) is 0 Å². The summed E-state index contributed by atoms with van der Waals surface area (Å²) in [5.74, 6) is 0.322. The summed E-state index contributed by atoms with van der Waals surface area (Å²) in [5, 5.41) is 0. The van der Waals surface area contributed by atoms with E-state index >= 15 is 0 Å². The van der Waals surface area contributed by atoms with Crippen LogP contribution in [0.15, 0.2) is 18.5 Å². The van der Waals surface area contributed by atoms with E-state index in [1.807, 2.05) is 0 Å². The van der Waals surface area contributed by atoms with E-state index in [4.69, 9.17) is 5.73 Å². The lowest BCUT2D eigenvalue weighted by molar-refractivity contribution is 1.19. The van der Waals surface area contributed by atoms with Crippen molar-refractivity contribution in [3.8, 4) is 0 Å². The zero-order valence-corrected chi connectivity index (χ0v) is 6.44. The van der Waals surface area contributed by atoms with Crippen molar-refractivity contribution >= 4 is 29.9 Å². The molecule has 0 amide bonds. The molecule has 1 heterocycles. The van der Waals surface area contributed by atoms with Gasteiger partial charge in [0.15, 0.2) is 0 Å². The van der Waals surface area contributed by atoms with Crippen molar-refractivity contribution in [1.82, 2.24) is 9.97 Å². The first-order chi connectivity index (χ1) is 3.39. The predicted molar refractivity (Wildman–Crippen MR) is 41.9 cm³/mol. The molecule has 4 heteroatoms. The molecular formula is C4H6IN3. The Bertz CT molecular complexity index is 141. The molecular weight excluding hydrogens is 217 g/mol. The summed E-state index contributed by atoms with van der Waals surface area (Å²) in [6.45, 7) is 0. The van der Waals surface area contributed by atoms with Gasteiger partial charge in [0.1, 0.15) is 0 Å². The van der Waals surface area contributed by atoms with Gasteiger partial charge in [-0.2, -0.15) is 0 Å². The number of hydrogen-bond donors (Lipinski definition) is 1. The number of hydrogen-bond acceptors (Lipinski definition) is 3. The average Bonchev–Trinajstić information content (AvgIpc) is 1.69. The van der Waals surface area contributed by atoms with Crippen molar-refractivity contribution in [2.24, 2.45) is 0 Å². The average molecular weight is 223 g/mol. The lowest BCUT2D eigenvalue weighted by Crippen LogP contribution is -1.90. The van der Waals surface area contributed by atoms with Crippen molar-refractivity contribution in [1.29, 1.82) is 0 Å². The normalized spacial score (nSPS) is 7.50. The number of rotatable bonds is 0. The van der Waals surface area contributed by atoms with Crippen LogP contribution in [0.5, 0.6) is 0 Å². The number of nitrogen functional groups attached to an aromatic ring is 1. The minimum absolute atomic E-state index is 0.